The molecule has 0 unspecified atom stereocenters. The second-order valence-electron chi connectivity index (χ2n) is 4.53. The second-order valence-corrected chi connectivity index (χ2v) is 5.34. The van der Waals surface area contributed by atoms with E-state index in [0.29, 0.717) is 22.4 Å². The van der Waals surface area contributed by atoms with Crippen LogP contribution in [-0.4, -0.2) is 13.7 Å². The Morgan fingerprint density at radius 3 is 2.45 bits per heavy atom. The summed E-state index contributed by atoms with van der Waals surface area (Å²) >= 11 is 11.8. The average Bonchev–Trinajstić information content (AvgIpc) is 2.39. The predicted octanol–water partition coefficient (Wildman–Crippen LogP) is 4.76. The van der Waals surface area contributed by atoms with Gasteiger partial charge in [0.15, 0.2) is 0 Å². The van der Waals surface area contributed by atoms with Crippen LogP contribution in [0.15, 0.2) is 41.2 Å². The molecule has 5 heteroatoms. The fraction of sp³-hybridized carbons (Fsp3) is 0.333. The minimum absolute atomic E-state index is 0.446. The summed E-state index contributed by atoms with van der Waals surface area (Å²) in [6, 6.07) is 5.19. The second kappa shape index (κ2) is 8.20. The molecule has 0 aliphatic rings. The van der Waals surface area contributed by atoms with Gasteiger partial charge in [-0.2, -0.15) is 5.48 Å². The fourth-order valence-electron chi connectivity index (χ4n) is 1.42. The van der Waals surface area contributed by atoms with Gasteiger partial charge >= 0.3 is 0 Å². The van der Waals surface area contributed by atoms with Crippen LogP contribution in [0, 0.1) is 0 Å². The normalized spacial score (nSPS) is 11.2. The molecule has 0 atom stereocenters. The maximum absolute atomic E-state index is 5.93. The third-order valence-electron chi connectivity index (χ3n) is 2.44. The lowest BCUT2D eigenvalue weighted by Gasteiger charge is -2.10. The van der Waals surface area contributed by atoms with Crippen molar-refractivity contribution in [3.05, 3.63) is 51.2 Å². The number of rotatable bonds is 6. The standard InChI is InChI=1S/C15H19Cl2NO2/c1-10(2)15(20-18-4)7-11(3)9-19-12-5-6-13(16)14(17)8-12/h5-8,18H,9H2,1-4H3/b11-7+. The van der Waals surface area contributed by atoms with Gasteiger partial charge in [0.05, 0.1) is 10.0 Å². The highest BCUT2D eigenvalue weighted by Gasteiger charge is 2.02. The summed E-state index contributed by atoms with van der Waals surface area (Å²) in [4.78, 5) is 5.32. The van der Waals surface area contributed by atoms with E-state index in [2.05, 4.69) is 5.48 Å². The van der Waals surface area contributed by atoms with Gasteiger partial charge in [0.2, 0.25) is 0 Å². The molecular weight excluding hydrogens is 297 g/mol. The minimum atomic E-state index is 0.446. The largest absolute Gasteiger partial charge is 0.489 e. The Balaban J connectivity index is 2.68. The van der Waals surface area contributed by atoms with E-state index in [-0.39, 0.29) is 0 Å². The zero-order valence-electron chi connectivity index (χ0n) is 12.1. The van der Waals surface area contributed by atoms with Crippen LogP contribution < -0.4 is 10.2 Å². The highest BCUT2D eigenvalue weighted by Crippen LogP contribution is 2.26. The van der Waals surface area contributed by atoms with Crippen molar-refractivity contribution in [3.63, 3.8) is 0 Å². The highest BCUT2D eigenvalue weighted by atomic mass is 35.5. The van der Waals surface area contributed by atoms with Gasteiger partial charge in [-0.05, 0) is 50.1 Å². The molecule has 0 fully saturated rings. The molecule has 0 amide bonds. The van der Waals surface area contributed by atoms with E-state index in [0.717, 1.165) is 16.9 Å². The molecule has 0 radical (unpaired) electrons. The van der Waals surface area contributed by atoms with Crippen molar-refractivity contribution in [1.29, 1.82) is 0 Å². The molecule has 0 saturated heterocycles. The molecule has 0 heterocycles. The Morgan fingerprint density at radius 2 is 1.90 bits per heavy atom. The van der Waals surface area contributed by atoms with Gasteiger partial charge in [0.1, 0.15) is 18.1 Å². The summed E-state index contributed by atoms with van der Waals surface area (Å²) in [5, 5.41) is 0.995. The number of allylic oxidation sites excluding steroid dienone is 2. The molecule has 0 aliphatic carbocycles. The van der Waals surface area contributed by atoms with Gasteiger partial charge in [-0.3, -0.25) is 0 Å². The maximum atomic E-state index is 5.93. The third-order valence-corrected chi connectivity index (χ3v) is 3.18. The van der Waals surface area contributed by atoms with Crippen molar-refractivity contribution in [2.24, 2.45) is 0 Å². The van der Waals surface area contributed by atoms with Crippen molar-refractivity contribution in [2.45, 2.75) is 20.8 Å². The van der Waals surface area contributed by atoms with Crippen LogP contribution >= 0.6 is 23.2 Å². The van der Waals surface area contributed by atoms with Gasteiger partial charge in [0.25, 0.3) is 0 Å². The summed E-state index contributed by atoms with van der Waals surface area (Å²) in [6.45, 7) is 6.38. The van der Waals surface area contributed by atoms with Crippen molar-refractivity contribution in [1.82, 2.24) is 5.48 Å². The summed E-state index contributed by atoms with van der Waals surface area (Å²) in [6.07, 6.45) is 1.93. The molecule has 3 nitrogen and oxygen atoms in total. The van der Waals surface area contributed by atoms with Crippen molar-refractivity contribution < 1.29 is 9.57 Å². The minimum Gasteiger partial charge on any atom is -0.489 e. The van der Waals surface area contributed by atoms with Crippen LogP contribution in [0.5, 0.6) is 5.75 Å². The SMILES string of the molecule is CNOC(/C=C(\C)COc1ccc(Cl)c(Cl)c1)=C(C)C. The number of halogens is 2. The smallest absolute Gasteiger partial charge is 0.145 e. The number of benzene rings is 1. The molecular formula is C15H19Cl2NO2. The van der Waals surface area contributed by atoms with Crippen molar-refractivity contribution in [3.8, 4) is 5.75 Å². The summed E-state index contributed by atoms with van der Waals surface area (Å²) in [5.74, 6) is 1.46. The van der Waals surface area contributed by atoms with Crippen LogP contribution in [0.4, 0.5) is 0 Å². The lowest BCUT2D eigenvalue weighted by atomic mass is 10.2. The number of ether oxygens (including phenoxy) is 1. The first-order chi connectivity index (χ1) is 9.43. The first kappa shape index (κ1) is 16.9. The predicted molar refractivity (Wildman–Crippen MR) is 84.2 cm³/mol. The molecule has 0 bridgehead atoms. The van der Waals surface area contributed by atoms with Crippen LogP contribution in [0.3, 0.4) is 0 Å². The molecule has 0 spiro atoms. The monoisotopic (exact) mass is 315 g/mol. The van der Waals surface area contributed by atoms with Gasteiger partial charge < -0.3 is 9.57 Å². The van der Waals surface area contributed by atoms with E-state index in [1.54, 1.807) is 25.2 Å². The zero-order valence-corrected chi connectivity index (χ0v) is 13.6. The molecule has 1 rings (SSSR count). The molecule has 0 aliphatic heterocycles. The lowest BCUT2D eigenvalue weighted by molar-refractivity contribution is 0.134. The van der Waals surface area contributed by atoms with Gasteiger partial charge in [-0.15, -0.1) is 0 Å². The number of nitrogens with one attached hydrogen (secondary N) is 1. The quantitative estimate of drug-likeness (QED) is 0.466. The molecule has 1 N–H and O–H groups in total. The van der Waals surface area contributed by atoms with Crippen molar-refractivity contribution in [2.75, 3.05) is 13.7 Å². The van der Waals surface area contributed by atoms with Crippen LogP contribution in [0.25, 0.3) is 0 Å². The van der Waals surface area contributed by atoms with Crippen molar-refractivity contribution >= 4 is 23.2 Å². The third kappa shape index (κ3) is 5.45. The Hall–Kier alpha value is -1.16. The first-order valence-electron chi connectivity index (χ1n) is 6.20. The van der Waals surface area contributed by atoms with Gasteiger partial charge in [0, 0.05) is 13.1 Å². The molecule has 0 aromatic heterocycles. The average molecular weight is 316 g/mol. The molecule has 20 heavy (non-hydrogen) atoms. The Kier molecular flexibility index (Phi) is 6.93. The molecule has 0 saturated carbocycles. The summed E-state index contributed by atoms with van der Waals surface area (Å²) < 4.78 is 5.65. The fourth-order valence-corrected chi connectivity index (χ4v) is 1.70. The van der Waals surface area contributed by atoms with Crippen LogP contribution in [0.2, 0.25) is 10.0 Å². The van der Waals surface area contributed by atoms with Crippen LogP contribution in [0.1, 0.15) is 20.8 Å². The van der Waals surface area contributed by atoms with E-state index < -0.39 is 0 Å². The summed E-state index contributed by atoms with van der Waals surface area (Å²) in [7, 11) is 1.72. The zero-order chi connectivity index (χ0) is 15.1. The Morgan fingerprint density at radius 1 is 1.20 bits per heavy atom. The summed E-state index contributed by atoms with van der Waals surface area (Å²) in [5.41, 5.74) is 4.77. The van der Waals surface area contributed by atoms with E-state index in [1.165, 1.54) is 0 Å². The van der Waals surface area contributed by atoms with E-state index in [4.69, 9.17) is 32.8 Å². The highest BCUT2D eigenvalue weighted by molar-refractivity contribution is 6.42. The Labute approximate surface area is 130 Å². The van der Waals surface area contributed by atoms with Gasteiger partial charge in [-0.25, -0.2) is 0 Å². The number of hydrogen-bond donors (Lipinski definition) is 1. The van der Waals surface area contributed by atoms with Crippen LogP contribution in [-0.2, 0) is 4.84 Å². The number of hydroxylamine groups is 1. The maximum Gasteiger partial charge on any atom is 0.145 e. The molecule has 110 valence electrons. The Bertz CT molecular complexity index is 521. The molecule has 1 aromatic carbocycles. The van der Waals surface area contributed by atoms with E-state index in [1.807, 2.05) is 26.8 Å². The van der Waals surface area contributed by atoms with Gasteiger partial charge in [-0.1, -0.05) is 23.2 Å². The van der Waals surface area contributed by atoms with E-state index >= 15 is 0 Å². The number of hydrogen-bond acceptors (Lipinski definition) is 3. The lowest BCUT2D eigenvalue weighted by Crippen LogP contribution is -2.08. The molecule has 1 aromatic rings. The van der Waals surface area contributed by atoms with E-state index in [9.17, 15) is 0 Å². The topological polar surface area (TPSA) is 30.5 Å². The first-order valence-corrected chi connectivity index (χ1v) is 6.95.